The fourth-order valence-corrected chi connectivity index (χ4v) is 2.08. The van der Waals surface area contributed by atoms with E-state index in [0.717, 1.165) is 5.56 Å². The molecule has 0 amide bonds. The fourth-order valence-electron chi connectivity index (χ4n) is 1.65. The molecule has 0 saturated carbocycles. The first kappa shape index (κ1) is 19.8. The summed E-state index contributed by atoms with van der Waals surface area (Å²) in [5.74, 6) is -0.518. The summed E-state index contributed by atoms with van der Waals surface area (Å²) in [6.45, 7) is 0. The number of nitro benzene ring substituents is 1. The van der Waals surface area contributed by atoms with Gasteiger partial charge < -0.3 is 4.74 Å². The molecule has 0 aliphatic carbocycles. The van der Waals surface area contributed by atoms with Crippen molar-refractivity contribution in [2.45, 2.75) is 12.8 Å². The molecule has 0 fully saturated rings. The number of benzene rings is 1. The first-order chi connectivity index (χ1) is 11.4. The number of hydrogen-bond donors (Lipinski definition) is 0. The van der Waals surface area contributed by atoms with Crippen LogP contribution in [0.25, 0.3) is 0 Å². The van der Waals surface area contributed by atoms with Crippen molar-refractivity contribution in [1.82, 2.24) is 0 Å². The number of nitrogens with zero attached hydrogens (tertiary/aromatic N) is 3. The number of esters is 1. The quantitative estimate of drug-likeness (QED) is 0.241. The normalized spacial score (nSPS) is 12.9. The summed E-state index contributed by atoms with van der Waals surface area (Å²) in [5.41, 5.74) is 1.09. The maximum absolute atomic E-state index is 11.4. The smallest absolute Gasteiger partial charge is 0.310 e. The SMILES string of the molecule is C\N=C(Cl)/C(CC(=O)OC)=C(Cl)\N=C\Cc1ccc([N+](=O)[O-])cc1. The number of aliphatic imine (C=N–C) groups is 2. The largest absolute Gasteiger partial charge is 0.469 e. The fraction of sp³-hybridized carbons (Fsp3) is 0.267. The van der Waals surface area contributed by atoms with Gasteiger partial charge >= 0.3 is 5.97 Å². The number of rotatable bonds is 7. The van der Waals surface area contributed by atoms with Crippen LogP contribution in [0, 0.1) is 10.1 Å². The van der Waals surface area contributed by atoms with E-state index >= 15 is 0 Å². The van der Waals surface area contributed by atoms with Gasteiger partial charge in [0.15, 0.2) is 0 Å². The zero-order valence-corrected chi connectivity index (χ0v) is 14.5. The highest BCUT2D eigenvalue weighted by Gasteiger charge is 2.14. The first-order valence-corrected chi connectivity index (χ1v) is 7.48. The molecule has 0 bridgehead atoms. The topological polar surface area (TPSA) is 94.2 Å². The van der Waals surface area contributed by atoms with Gasteiger partial charge in [0.2, 0.25) is 0 Å². The van der Waals surface area contributed by atoms with Gasteiger partial charge in [-0.05, 0) is 5.56 Å². The second kappa shape index (κ2) is 9.79. The summed E-state index contributed by atoms with van der Waals surface area (Å²) < 4.78 is 4.58. The summed E-state index contributed by atoms with van der Waals surface area (Å²) >= 11 is 12.0. The highest BCUT2D eigenvalue weighted by atomic mass is 35.5. The standard InChI is InChI=1S/C15H15Cl2N3O4/c1-18-14(16)12(9-13(21)24-2)15(17)19-8-7-10-3-5-11(6-4-10)20(22)23/h3-6,8H,7,9H2,1-2H3/b15-12-,18-14+,19-8+. The van der Waals surface area contributed by atoms with Crippen LogP contribution in [0.15, 0.2) is 45.0 Å². The lowest BCUT2D eigenvalue weighted by molar-refractivity contribution is -0.384. The minimum absolute atomic E-state index is 0.0138. The summed E-state index contributed by atoms with van der Waals surface area (Å²) in [4.78, 5) is 29.3. The van der Waals surface area contributed by atoms with Gasteiger partial charge in [-0.25, -0.2) is 4.99 Å². The third kappa shape index (κ3) is 6.10. The minimum Gasteiger partial charge on any atom is -0.469 e. The minimum atomic E-state index is -0.518. The number of non-ortho nitro benzene ring substituents is 1. The lowest BCUT2D eigenvalue weighted by atomic mass is 10.1. The van der Waals surface area contributed by atoms with E-state index in [4.69, 9.17) is 23.2 Å². The highest BCUT2D eigenvalue weighted by molar-refractivity contribution is 6.70. The molecule has 7 nitrogen and oxygen atoms in total. The summed E-state index contributed by atoms with van der Waals surface area (Å²) in [6, 6.07) is 6.06. The van der Waals surface area contributed by atoms with Crippen molar-refractivity contribution < 1.29 is 14.5 Å². The van der Waals surface area contributed by atoms with Gasteiger partial charge in [0.25, 0.3) is 5.69 Å². The number of hydrogen-bond acceptors (Lipinski definition) is 6. The number of halogens is 2. The molecule has 0 atom stereocenters. The Kier molecular flexibility index (Phi) is 8.08. The maximum Gasteiger partial charge on any atom is 0.310 e. The monoisotopic (exact) mass is 371 g/mol. The Morgan fingerprint density at radius 2 is 1.96 bits per heavy atom. The van der Waals surface area contributed by atoms with E-state index in [1.54, 1.807) is 12.1 Å². The van der Waals surface area contributed by atoms with Crippen LogP contribution in [0.1, 0.15) is 12.0 Å². The van der Waals surface area contributed by atoms with E-state index in [9.17, 15) is 14.9 Å². The van der Waals surface area contributed by atoms with Crippen LogP contribution in [0.5, 0.6) is 0 Å². The third-order valence-electron chi connectivity index (χ3n) is 2.92. The average Bonchev–Trinajstić information content (AvgIpc) is 2.58. The van der Waals surface area contributed by atoms with E-state index in [1.807, 2.05) is 0 Å². The Balaban J connectivity index is 2.87. The molecule has 0 heterocycles. The molecule has 0 aromatic heterocycles. The van der Waals surface area contributed by atoms with Gasteiger partial charge in [-0.15, -0.1) is 0 Å². The van der Waals surface area contributed by atoms with Crippen LogP contribution in [-0.2, 0) is 16.0 Å². The second-order valence-corrected chi connectivity index (χ2v) is 5.19. The van der Waals surface area contributed by atoms with E-state index < -0.39 is 10.9 Å². The van der Waals surface area contributed by atoms with Crippen molar-refractivity contribution in [3.63, 3.8) is 0 Å². The average molecular weight is 372 g/mol. The number of carbonyl (C=O) groups is 1. The molecule has 0 saturated heterocycles. The number of nitro groups is 1. The van der Waals surface area contributed by atoms with Crippen LogP contribution in [0.3, 0.4) is 0 Å². The van der Waals surface area contributed by atoms with Crippen molar-refractivity contribution in [3.8, 4) is 0 Å². The Bertz CT molecular complexity index is 697. The molecular weight excluding hydrogens is 357 g/mol. The van der Waals surface area contributed by atoms with Crippen LogP contribution >= 0.6 is 23.2 Å². The Hall–Kier alpha value is -2.25. The van der Waals surface area contributed by atoms with E-state index in [1.165, 1.54) is 32.5 Å². The van der Waals surface area contributed by atoms with Crippen LogP contribution in [0.4, 0.5) is 5.69 Å². The van der Waals surface area contributed by atoms with Crippen LogP contribution < -0.4 is 0 Å². The van der Waals surface area contributed by atoms with E-state index in [2.05, 4.69) is 14.7 Å². The predicted octanol–water partition coefficient (Wildman–Crippen LogP) is 3.49. The molecule has 0 aliphatic heterocycles. The van der Waals surface area contributed by atoms with E-state index in [0.29, 0.717) is 6.42 Å². The number of methoxy groups -OCH3 is 1. The lowest BCUT2D eigenvalue weighted by Crippen LogP contribution is -2.07. The van der Waals surface area contributed by atoms with Gasteiger partial charge in [0.05, 0.1) is 18.5 Å². The molecule has 1 aromatic rings. The lowest BCUT2D eigenvalue weighted by Gasteiger charge is -2.05. The van der Waals surface area contributed by atoms with Gasteiger partial charge in [-0.3, -0.25) is 19.9 Å². The van der Waals surface area contributed by atoms with Crippen molar-refractivity contribution in [2.24, 2.45) is 9.98 Å². The van der Waals surface area contributed by atoms with Gasteiger partial charge in [-0.1, -0.05) is 35.3 Å². The third-order valence-corrected chi connectivity index (χ3v) is 3.64. The van der Waals surface area contributed by atoms with Gasteiger partial charge in [0, 0.05) is 37.4 Å². The Labute approximate surface area is 148 Å². The van der Waals surface area contributed by atoms with E-state index in [-0.39, 0.29) is 28.0 Å². The summed E-state index contributed by atoms with van der Waals surface area (Å²) in [6.07, 6.45) is 1.77. The predicted molar refractivity (Wildman–Crippen MR) is 94.0 cm³/mol. The van der Waals surface area contributed by atoms with Gasteiger partial charge in [-0.2, -0.15) is 0 Å². The van der Waals surface area contributed by atoms with Crippen LogP contribution in [0.2, 0.25) is 0 Å². The first-order valence-electron chi connectivity index (χ1n) is 6.73. The molecule has 0 aliphatic rings. The molecule has 0 unspecified atom stereocenters. The summed E-state index contributed by atoms with van der Waals surface area (Å²) in [7, 11) is 2.72. The molecule has 0 radical (unpaired) electrons. The zero-order valence-electron chi connectivity index (χ0n) is 13.0. The molecule has 0 N–H and O–H groups in total. The van der Waals surface area contributed by atoms with Crippen molar-refractivity contribution in [3.05, 3.63) is 50.7 Å². The molecular formula is C15H15Cl2N3O4. The van der Waals surface area contributed by atoms with Crippen molar-refractivity contribution >= 4 is 46.2 Å². The van der Waals surface area contributed by atoms with Gasteiger partial charge in [0.1, 0.15) is 10.3 Å². The number of ether oxygens (including phenoxy) is 1. The molecule has 1 rings (SSSR count). The molecule has 1 aromatic carbocycles. The maximum atomic E-state index is 11.4. The van der Waals surface area contributed by atoms with Crippen LogP contribution in [-0.4, -0.2) is 36.4 Å². The molecule has 9 heteroatoms. The Morgan fingerprint density at radius 1 is 1.33 bits per heavy atom. The highest BCUT2D eigenvalue weighted by Crippen LogP contribution is 2.19. The zero-order chi connectivity index (χ0) is 18.1. The van der Waals surface area contributed by atoms with Crippen molar-refractivity contribution in [1.29, 1.82) is 0 Å². The second-order valence-electron chi connectivity index (χ2n) is 4.48. The van der Waals surface area contributed by atoms with Crippen molar-refractivity contribution in [2.75, 3.05) is 14.2 Å². The number of carbonyl (C=O) groups excluding carboxylic acids is 1. The molecule has 24 heavy (non-hydrogen) atoms. The molecule has 128 valence electrons. The Morgan fingerprint density at radius 3 is 2.46 bits per heavy atom. The summed E-state index contributed by atoms with van der Waals surface area (Å²) in [5, 5.41) is 10.7. The molecule has 0 spiro atoms.